The number of rotatable bonds is 3. The summed E-state index contributed by atoms with van der Waals surface area (Å²) in [6.45, 7) is 0. The van der Waals surface area contributed by atoms with Crippen molar-refractivity contribution in [2.75, 3.05) is 5.32 Å². The fraction of sp³-hybridized carbons (Fsp3) is 0. The molecule has 5 heteroatoms. The van der Waals surface area contributed by atoms with Crippen molar-refractivity contribution in [2.24, 2.45) is 0 Å². The molecule has 0 aliphatic carbocycles. The van der Waals surface area contributed by atoms with Gasteiger partial charge in [-0.2, -0.15) is 0 Å². The molecule has 2 heterocycles. The Balaban J connectivity index is 1.88. The first-order valence-corrected chi connectivity index (χ1v) is 5.57. The standard InChI is InChI=1S/C13H11N5/c1-2-4-10(5-3-1)17-13-16-7-6-11(18-13)12-14-8-9-15-12/h1-9H,(H,14,15)(H,16,17,18). The van der Waals surface area contributed by atoms with Crippen LogP contribution in [0.2, 0.25) is 0 Å². The van der Waals surface area contributed by atoms with Crippen molar-refractivity contribution >= 4 is 11.6 Å². The minimum Gasteiger partial charge on any atom is -0.343 e. The second-order valence-electron chi connectivity index (χ2n) is 3.69. The van der Waals surface area contributed by atoms with E-state index in [0.717, 1.165) is 17.2 Å². The molecule has 3 aromatic rings. The molecule has 0 spiro atoms. The summed E-state index contributed by atoms with van der Waals surface area (Å²) in [5.74, 6) is 1.28. The van der Waals surface area contributed by atoms with Crippen molar-refractivity contribution in [2.45, 2.75) is 0 Å². The van der Waals surface area contributed by atoms with Crippen LogP contribution in [0, 0.1) is 0 Å². The van der Waals surface area contributed by atoms with Gasteiger partial charge in [0.25, 0.3) is 0 Å². The molecule has 2 aromatic heterocycles. The van der Waals surface area contributed by atoms with Crippen molar-refractivity contribution in [3.63, 3.8) is 0 Å². The predicted octanol–water partition coefficient (Wildman–Crippen LogP) is 2.61. The van der Waals surface area contributed by atoms with Gasteiger partial charge in [0.05, 0.1) is 0 Å². The topological polar surface area (TPSA) is 66.5 Å². The van der Waals surface area contributed by atoms with E-state index in [4.69, 9.17) is 0 Å². The third kappa shape index (κ3) is 2.20. The molecular weight excluding hydrogens is 226 g/mol. The van der Waals surface area contributed by atoms with Gasteiger partial charge in [0.2, 0.25) is 5.95 Å². The van der Waals surface area contributed by atoms with Gasteiger partial charge in [0.1, 0.15) is 5.69 Å². The first kappa shape index (κ1) is 10.5. The Morgan fingerprint density at radius 3 is 2.61 bits per heavy atom. The molecule has 2 N–H and O–H groups in total. The number of benzene rings is 1. The lowest BCUT2D eigenvalue weighted by molar-refractivity contribution is 1.14. The number of imidazole rings is 1. The lowest BCUT2D eigenvalue weighted by Gasteiger charge is -2.04. The minimum atomic E-state index is 0.551. The minimum absolute atomic E-state index is 0.551. The van der Waals surface area contributed by atoms with Crippen molar-refractivity contribution in [1.29, 1.82) is 0 Å². The van der Waals surface area contributed by atoms with Gasteiger partial charge in [-0.1, -0.05) is 18.2 Å². The summed E-state index contributed by atoms with van der Waals surface area (Å²) in [4.78, 5) is 15.8. The molecule has 0 bridgehead atoms. The van der Waals surface area contributed by atoms with Crippen LogP contribution in [0.1, 0.15) is 0 Å². The Labute approximate surface area is 104 Å². The Morgan fingerprint density at radius 2 is 1.83 bits per heavy atom. The summed E-state index contributed by atoms with van der Waals surface area (Å²) in [7, 11) is 0. The maximum atomic E-state index is 4.39. The molecule has 18 heavy (non-hydrogen) atoms. The van der Waals surface area contributed by atoms with Crippen LogP contribution in [0.15, 0.2) is 55.0 Å². The van der Waals surface area contributed by atoms with E-state index in [1.807, 2.05) is 36.4 Å². The summed E-state index contributed by atoms with van der Waals surface area (Å²) in [6, 6.07) is 11.6. The Morgan fingerprint density at radius 1 is 0.944 bits per heavy atom. The summed E-state index contributed by atoms with van der Waals surface area (Å²) in [5, 5.41) is 3.14. The molecule has 0 saturated carbocycles. The maximum absolute atomic E-state index is 4.39. The largest absolute Gasteiger partial charge is 0.343 e. The first-order chi connectivity index (χ1) is 8.92. The maximum Gasteiger partial charge on any atom is 0.227 e. The lowest BCUT2D eigenvalue weighted by atomic mass is 10.3. The normalized spacial score (nSPS) is 10.2. The molecule has 0 amide bonds. The van der Waals surface area contributed by atoms with E-state index in [2.05, 4.69) is 25.3 Å². The van der Waals surface area contributed by atoms with Crippen molar-refractivity contribution in [1.82, 2.24) is 19.9 Å². The van der Waals surface area contributed by atoms with E-state index in [1.165, 1.54) is 0 Å². The Bertz CT molecular complexity index is 619. The molecule has 0 aliphatic heterocycles. The van der Waals surface area contributed by atoms with Gasteiger partial charge >= 0.3 is 0 Å². The second kappa shape index (κ2) is 4.67. The molecule has 0 saturated heterocycles. The summed E-state index contributed by atoms with van der Waals surface area (Å²) in [5.41, 5.74) is 1.71. The van der Waals surface area contributed by atoms with Crippen LogP contribution in [-0.2, 0) is 0 Å². The number of nitrogens with zero attached hydrogens (tertiary/aromatic N) is 3. The SMILES string of the molecule is c1ccc(Nc2nccc(-c3ncc[nH]3)n2)cc1. The smallest absolute Gasteiger partial charge is 0.227 e. The third-order valence-electron chi connectivity index (χ3n) is 2.43. The number of anilines is 2. The average molecular weight is 237 g/mol. The molecule has 0 fully saturated rings. The van der Waals surface area contributed by atoms with Gasteiger partial charge in [-0.05, 0) is 18.2 Å². The second-order valence-corrected chi connectivity index (χ2v) is 3.69. The number of hydrogen-bond acceptors (Lipinski definition) is 4. The van der Waals surface area contributed by atoms with E-state index in [-0.39, 0.29) is 0 Å². The highest BCUT2D eigenvalue weighted by atomic mass is 15.1. The molecule has 0 unspecified atom stereocenters. The predicted molar refractivity (Wildman–Crippen MR) is 69.3 cm³/mol. The number of aromatic amines is 1. The highest BCUT2D eigenvalue weighted by Gasteiger charge is 2.03. The molecule has 0 atom stereocenters. The lowest BCUT2D eigenvalue weighted by Crippen LogP contribution is -1.98. The van der Waals surface area contributed by atoms with E-state index in [0.29, 0.717) is 5.95 Å². The fourth-order valence-corrected chi connectivity index (χ4v) is 1.61. The van der Waals surface area contributed by atoms with Gasteiger partial charge in [-0.25, -0.2) is 15.0 Å². The van der Waals surface area contributed by atoms with Gasteiger partial charge in [-0.3, -0.25) is 0 Å². The van der Waals surface area contributed by atoms with E-state index in [9.17, 15) is 0 Å². The van der Waals surface area contributed by atoms with Crippen molar-refractivity contribution < 1.29 is 0 Å². The number of para-hydroxylation sites is 1. The fourth-order valence-electron chi connectivity index (χ4n) is 1.61. The van der Waals surface area contributed by atoms with Crippen LogP contribution in [0.25, 0.3) is 11.5 Å². The molecule has 0 radical (unpaired) electrons. The van der Waals surface area contributed by atoms with Gasteiger partial charge in [0, 0.05) is 24.3 Å². The first-order valence-electron chi connectivity index (χ1n) is 5.57. The van der Waals surface area contributed by atoms with Crippen LogP contribution in [0.5, 0.6) is 0 Å². The zero-order valence-electron chi connectivity index (χ0n) is 9.54. The highest BCUT2D eigenvalue weighted by molar-refractivity contribution is 5.56. The number of nitrogens with one attached hydrogen (secondary N) is 2. The molecule has 88 valence electrons. The Kier molecular flexibility index (Phi) is 2.71. The van der Waals surface area contributed by atoms with Crippen LogP contribution < -0.4 is 5.32 Å². The summed E-state index contributed by atoms with van der Waals surface area (Å²) < 4.78 is 0. The molecule has 3 rings (SSSR count). The number of H-pyrrole nitrogens is 1. The van der Waals surface area contributed by atoms with E-state index >= 15 is 0 Å². The number of hydrogen-bond donors (Lipinski definition) is 2. The Hall–Kier alpha value is -2.69. The quantitative estimate of drug-likeness (QED) is 0.734. The van der Waals surface area contributed by atoms with Crippen LogP contribution in [0.3, 0.4) is 0 Å². The molecule has 5 nitrogen and oxygen atoms in total. The monoisotopic (exact) mass is 237 g/mol. The van der Waals surface area contributed by atoms with Crippen LogP contribution in [-0.4, -0.2) is 19.9 Å². The zero-order chi connectivity index (χ0) is 12.2. The summed E-state index contributed by atoms with van der Waals surface area (Å²) >= 11 is 0. The number of aromatic nitrogens is 4. The molecule has 0 aliphatic rings. The highest BCUT2D eigenvalue weighted by Crippen LogP contribution is 2.15. The van der Waals surface area contributed by atoms with Crippen LogP contribution in [0.4, 0.5) is 11.6 Å². The van der Waals surface area contributed by atoms with Gasteiger partial charge in [-0.15, -0.1) is 0 Å². The van der Waals surface area contributed by atoms with Gasteiger partial charge in [0.15, 0.2) is 5.82 Å². The summed E-state index contributed by atoms with van der Waals surface area (Å²) in [6.07, 6.45) is 5.17. The molecule has 1 aromatic carbocycles. The average Bonchev–Trinajstić information content (AvgIpc) is 2.94. The third-order valence-corrected chi connectivity index (χ3v) is 2.43. The van der Waals surface area contributed by atoms with E-state index in [1.54, 1.807) is 18.6 Å². The zero-order valence-corrected chi connectivity index (χ0v) is 9.54. The molecular formula is C13H11N5. The van der Waals surface area contributed by atoms with Crippen molar-refractivity contribution in [3.05, 3.63) is 55.0 Å². The van der Waals surface area contributed by atoms with Crippen LogP contribution >= 0.6 is 0 Å². The van der Waals surface area contributed by atoms with E-state index < -0.39 is 0 Å². The van der Waals surface area contributed by atoms with Crippen molar-refractivity contribution in [3.8, 4) is 11.5 Å². The van der Waals surface area contributed by atoms with Gasteiger partial charge < -0.3 is 10.3 Å².